The number of hydrogen-bond acceptors (Lipinski definition) is 4. The minimum absolute atomic E-state index is 0.0200. The van der Waals surface area contributed by atoms with Crippen molar-refractivity contribution in [3.05, 3.63) is 16.7 Å². The first-order chi connectivity index (χ1) is 8.40. The van der Waals surface area contributed by atoms with Crippen LogP contribution in [0.15, 0.2) is 11.4 Å². The first-order valence-corrected chi connectivity index (χ1v) is 5.96. The molecule has 0 unspecified atom stereocenters. The van der Waals surface area contributed by atoms with E-state index in [1.807, 2.05) is 0 Å². The van der Waals surface area contributed by atoms with Gasteiger partial charge in [0.2, 0.25) is 5.28 Å². The number of rotatable bonds is 4. The Morgan fingerprint density at radius 1 is 1.39 bits per heavy atom. The third-order valence-corrected chi connectivity index (χ3v) is 3.08. The van der Waals surface area contributed by atoms with Crippen LogP contribution < -0.4 is 5.32 Å². The quantitative estimate of drug-likeness (QED) is 0.691. The van der Waals surface area contributed by atoms with Gasteiger partial charge >= 0.3 is 12.3 Å². The van der Waals surface area contributed by atoms with Crippen molar-refractivity contribution in [1.29, 1.82) is 0 Å². The third kappa shape index (κ3) is 2.64. The highest BCUT2D eigenvalue weighted by molar-refractivity contribution is 7.16. The number of hydrogen-bond donors (Lipinski definition) is 1. The molecule has 0 spiro atoms. The van der Waals surface area contributed by atoms with Gasteiger partial charge in [-0.3, -0.25) is 0 Å². The van der Waals surface area contributed by atoms with Crippen molar-refractivity contribution in [3.8, 4) is 0 Å². The van der Waals surface area contributed by atoms with Crippen molar-refractivity contribution >= 4 is 39.0 Å². The SMILES string of the molecule is FC(F)C(F)(F)CNc1nc(Cl)nc2sccc12. The molecule has 0 amide bonds. The van der Waals surface area contributed by atoms with Gasteiger partial charge in [-0.1, -0.05) is 0 Å². The van der Waals surface area contributed by atoms with E-state index in [2.05, 4.69) is 15.3 Å². The summed E-state index contributed by atoms with van der Waals surface area (Å²) in [7, 11) is 0. The minimum atomic E-state index is -4.13. The number of thiophene rings is 1. The van der Waals surface area contributed by atoms with Crippen molar-refractivity contribution in [2.75, 3.05) is 11.9 Å². The smallest absolute Gasteiger partial charge is 0.324 e. The lowest BCUT2D eigenvalue weighted by atomic mass is 10.3. The Hall–Kier alpha value is -1.15. The average Bonchev–Trinajstić information content (AvgIpc) is 2.73. The zero-order valence-electron chi connectivity index (χ0n) is 8.63. The number of halogens is 5. The highest BCUT2D eigenvalue weighted by atomic mass is 35.5. The topological polar surface area (TPSA) is 37.8 Å². The van der Waals surface area contributed by atoms with Crippen LogP contribution in [0.1, 0.15) is 0 Å². The Morgan fingerprint density at radius 2 is 2.11 bits per heavy atom. The van der Waals surface area contributed by atoms with E-state index in [1.54, 1.807) is 11.4 Å². The summed E-state index contributed by atoms with van der Waals surface area (Å²) in [6, 6.07) is 1.60. The van der Waals surface area contributed by atoms with Crippen LogP contribution in [0.4, 0.5) is 23.4 Å². The van der Waals surface area contributed by atoms with Crippen LogP contribution in [0.2, 0.25) is 5.28 Å². The number of alkyl halides is 4. The van der Waals surface area contributed by atoms with E-state index in [0.717, 1.165) is 0 Å². The predicted octanol–water partition coefficient (Wildman–Crippen LogP) is 3.66. The average molecular weight is 300 g/mol. The van der Waals surface area contributed by atoms with Gasteiger partial charge in [-0.25, -0.2) is 18.7 Å². The maximum absolute atomic E-state index is 12.8. The fraction of sp³-hybridized carbons (Fsp3) is 0.333. The lowest BCUT2D eigenvalue weighted by molar-refractivity contribution is -0.117. The van der Waals surface area contributed by atoms with Gasteiger partial charge in [0.05, 0.1) is 11.9 Å². The zero-order chi connectivity index (χ0) is 13.3. The number of fused-ring (bicyclic) bond motifs is 1. The van der Waals surface area contributed by atoms with Crippen LogP contribution >= 0.6 is 22.9 Å². The van der Waals surface area contributed by atoms with Gasteiger partial charge in [0.15, 0.2) is 0 Å². The molecule has 0 saturated carbocycles. The molecule has 98 valence electrons. The molecule has 0 bridgehead atoms. The second-order valence-electron chi connectivity index (χ2n) is 3.40. The number of aromatic nitrogens is 2. The summed E-state index contributed by atoms with van der Waals surface area (Å²) >= 11 is 6.85. The Labute approximate surface area is 108 Å². The van der Waals surface area contributed by atoms with E-state index in [4.69, 9.17) is 11.6 Å². The lowest BCUT2D eigenvalue weighted by Crippen LogP contribution is -2.35. The largest absolute Gasteiger partial charge is 0.363 e. The van der Waals surface area contributed by atoms with Crippen LogP contribution in [0.25, 0.3) is 10.2 Å². The number of nitrogens with zero attached hydrogens (tertiary/aromatic N) is 2. The number of anilines is 1. The summed E-state index contributed by atoms with van der Waals surface area (Å²) in [5, 5.41) is 4.19. The summed E-state index contributed by atoms with van der Waals surface area (Å²) in [6.45, 7) is -1.22. The molecule has 0 radical (unpaired) electrons. The molecule has 0 saturated heterocycles. The molecule has 0 aromatic carbocycles. The molecule has 2 aromatic heterocycles. The van der Waals surface area contributed by atoms with E-state index in [9.17, 15) is 17.6 Å². The Kier molecular flexibility index (Phi) is 3.58. The minimum Gasteiger partial charge on any atom is -0.363 e. The summed E-state index contributed by atoms with van der Waals surface area (Å²) < 4.78 is 49.5. The summed E-state index contributed by atoms with van der Waals surface area (Å²) in [4.78, 5) is 8.08. The van der Waals surface area contributed by atoms with E-state index >= 15 is 0 Å². The van der Waals surface area contributed by atoms with Gasteiger partial charge in [-0.15, -0.1) is 11.3 Å². The van der Waals surface area contributed by atoms with Gasteiger partial charge in [0.25, 0.3) is 0 Å². The first kappa shape index (κ1) is 13.3. The molecule has 2 rings (SSSR count). The van der Waals surface area contributed by atoms with Gasteiger partial charge in [-0.2, -0.15) is 8.78 Å². The fourth-order valence-electron chi connectivity index (χ4n) is 1.24. The maximum Gasteiger partial charge on any atom is 0.324 e. The normalized spacial score (nSPS) is 12.3. The fourth-order valence-corrected chi connectivity index (χ4v) is 2.23. The molecule has 1 N–H and O–H groups in total. The molecule has 0 fully saturated rings. The summed E-state index contributed by atoms with van der Waals surface area (Å²) in [5.41, 5.74) is 0. The van der Waals surface area contributed by atoms with Gasteiger partial charge in [-0.05, 0) is 23.0 Å². The molecule has 2 aromatic rings. The molecular weight excluding hydrogens is 294 g/mol. The highest BCUT2D eigenvalue weighted by Crippen LogP contribution is 2.28. The van der Waals surface area contributed by atoms with Crippen molar-refractivity contribution < 1.29 is 17.6 Å². The van der Waals surface area contributed by atoms with E-state index in [0.29, 0.717) is 10.2 Å². The molecule has 0 atom stereocenters. The van der Waals surface area contributed by atoms with Crippen LogP contribution in [-0.4, -0.2) is 28.9 Å². The van der Waals surface area contributed by atoms with Crippen molar-refractivity contribution in [3.63, 3.8) is 0 Å². The molecule has 0 aliphatic heterocycles. The molecule has 18 heavy (non-hydrogen) atoms. The second-order valence-corrected chi connectivity index (χ2v) is 4.63. The van der Waals surface area contributed by atoms with E-state index in [1.165, 1.54) is 11.3 Å². The standard InChI is InChI=1S/C9H6ClF4N3S/c10-8-16-5(4-1-2-18-6(4)17-8)15-3-9(13,14)7(11)12/h1-2,7H,3H2,(H,15,16,17). The molecular formula is C9H6ClF4N3S. The molecule has 0 aliphatic rings. The van der Waals surface area contributed by atoms with Crippen molar-refractivity contribution in [1.82, 2.24) is 9.97 Å². The Balaban J connectivity index is 2.24. The van der Waals surface area contributed by atoms with Gasteiger partial charge in [0, 0.05) is 0 Å². The highest BCUT2D eigenvalue weighted by Gasteiger charge is 2.40. The van der Waals surface area contributed by atoms with Crippen LogP contribution in [0.5, 0.6) is 0 Å². The van der Waals surface area contributed by atoms with E-state index in [-0.39, 0.29) is 11.1 Å². The van der Waals surface area contributed by atoms with Crippen molar-refractivity contribution in [2.45, 2.75) is 12.3 Å². The van der Waals surface area contributed by atoms with Crippen LogP contribution in [0, 0.1) is 0 Å². The summed E-state index contributed by atoms with van der Waals surface area (Å²) in [6.07, 6.45) is -3.74. The van der Waals surface area contributed by atoms with Crippen LogP contribution in [0.3, 0.4) is 0 Å². The predicted molar refractivity (Wildman–Crippen MR) is 61.9 cm³/mol. The zero-order valence-corrected chi connectivity index (χ0v) is 10.2. The Morgan fingerprint density at radius 3 is 2.78 bits per heavy atom. The third-order valence-electron chi connectivity index (χ3n) is 2.11. The van der Waals surface area contributed by atoms with Gasteiger partial charge in [0.1, 0.15) is 10.6 Å². The summed E-state index contributed by atoms with van der Waals surface area (Å²) in [5.74, 6) is -4.11. The monoisotopic (exact) mass is 299 g/mol. The molecule has 0 aliphatic carbocycles. The van der Waals surface area contributed by atoms with Crippen LogP contribution in [-0.2, 0) is 0 Å². The molecule has 3 nitrogen and oxygen atoms in total. The van der Waals surface area contributed by atoms with Gasteiger partial charge < -0.3 is 5.32 Å². The number of nitrogens with one attached hydrogen (secondary N) is 1. The maximum atomic E-state index is 12.8. The van der Waals surface area contributed by atoms with Crippen molar-refractivity contribution in [2.24, 2.45) is 0 Å². The van der Waals surface area contributed by atoms with E-state index < -0.39 is 18.9 Å². The first-order valence-electron chi connectivity index (χ1n) is 4.71. The molecule has 2 heterocycles. The molecule has 9 heteroatoms. The second kappa shape index (κ2) is 4.85. The lowest BCUT2D eigenvalue weighted by Gasteiger charge is -2.16. The Bertz CT molecular complexity index is 560.